The maximum Gasteiger partial charge on any atom is 0.160 e. The summed E-state index contributed by atoms with van der Waals surface area (Å²) in [6, 6.07) is 5.58. The van der Waals surface area contributed by atoms with Crippen molar-refractivity contribution in [1.82, 2.24) is 9.97 Å². The number of carbonyl (C=O) groups excluding carboxylic acids is 1. The van der Waals surface area contributed by atoms with Gasteiger partial charge < -0.3 is 0 Å². The van der Waals surface area contributed by atoms with Crippen molar-refractivity contribution in [2.24, 2.45) is 0 Å². The van der Waals surface area contributed by atoms with Gasteiger partial charge >= 0.3 is 0 Å². The normalized spacial score (nSPS) is 8.95. The summed E-state index contributed by atoms with van der Waals surface area (Å²) in [5.41, 5.74) is 2.49. The number of hydrogen-bond acceptors (Lipinski definition) is 3. The second-order valence-electron chi connectivity index (χ2n) is 3.43. The molecule has 2 rings (SSSR count). The molecule has 0 aliphatic carbocycles. The zero-order valence-electron chi connectivity index (χ0n) is 12.8. The highest BCUT2D eigenvalue weighted by Crippen LogP contribution is 2.20. The van der Waals surface area contributed by atoms with E-state index in [0.717, 1.165) is 23.0 Å². The van der Waals surface area contributed by atoms with Crippen LogP contribution in [0.3, 0.4) is 0 Å². The fraction of sp³-hybridized carbons (Fsp3) is 0.438. The molecular weight excluding hydrogens is 236 g/mol. The Balaban J connectivity index is 0.000000741. The van der Waals surface area contributed by atoms with E-state index in [1.165, 1.54) is 0 Å². The van der Waals surface area contributed by atoms with Crippen LogP contribution in [0.4, 0.5) is 0 Å². The Morgan fingerprint density at radius 3 is 2.26 bits per heavy atom. The van der Waals surface area contributed by atoms with Crippen molar-refractivity contribution in [3.8, 4) is 0 Å². The fourth-order valence-electron chi connectivity index (χ4n) is 1.74. The fourth-order valence-corrected chi connectivity index (χ4v) is 1.74. The summed E-state index contributed by atoms with van der Waals surface area (Å²) in [6.07, 6.45) is 2.36. The van der Waals surface area contributed by atoms with Crippen LogP contribution >= 0.6 is 0 Å². The summed E-state index contributed by atoms with van der Waals surface area (Å²) in [5.74, 6) is 0.0603. The summed E-state index contributed by atoms with van der Waals surface area (Å²) in [7, 11) is 0. The number of nitrogens with zero attached hydrogens (tertiary/aromatic N) is 2. The number of Topliss-reactive ketones (excluding diaryl/α,β-unsaturated/α-hetero) is 1. The molecule has 1 aromatic carbocycles. The average Bonchev–Trinajstić information content (AvgIpc) is 2.50. The van der Waals surface area contributed by atoms with Crippen LogP contribution in [-0.2, 0) is 6.42 Å². The molecule has 3 heteroatoms. The minimum atomic E-state index is 0.0603. The van der Waals surface area contributed by atoms with Crippen molar-refractivity contribution in [2.75, 3.05) is 0 Å². The van der Waals surface area contributed by atoms with Crippen molar-refractivity contribution in [3.05, 3.63) is 35.8 Å². The number of aryl methyl sites for hydroxylation is 1. The third kappa shape index (κ3) is 4.12. The molecule has 0 unspecified atom stereocenters. The summed E-state index contributed by atoms with van der Waals surface area (Å²) >= 11 is 0. The number of rotatable bonds is 2. The van der Waals surface area contributed by atoms with Gasteiger partial charge in [-0.25, -0.2) is 9.97 Å². The monoisotopic (exact) mass is 260 g/mol. The highest BCUT2D eigenvalue weighted by molar-refractivity contribution is 6.06. The molecular formula is C16H24N2O. The molecule has 2 aromatic rings. The highest BCUT2D eigenvalue weighted by atomic mass is 16.1. The zero-order chi connectivity index (χ0) is 14.8. The molecule has 0 bridgehead atoms. The van der Waals surface area contributed by atoms with Gasteiger partial charge in [0.1, 0.15) is 6.33 Å². The van der Waals surface area contributed by atoms with E-state index in [9.17, 15) is 4.79 Å². The molecule has 0 aliphatic rings. The van der Waals surface area contributed by atoms with Crippen molar-refractivity contribution < 1.29 is 4.79 Å². The molecule has 1 heterocycles. The first-order valence-electron chi connectivity index (χ1n) is 6.97. The van der Waals surface area contributed by atoms with Crippen LogP contribution in [-0.4, -0.2) is 15.8 Å². The number of aromatic nitrogens is 2. The SMILES string of the molecule is CC.CC.CCc1ncnc2cccc(C(C)=O)c12. The smallest absolute Gasteiger partial charge is 0.160 e. The topological polar surface area (TPSA) is 42.9 Å². The molecule has 0 atom stereocenters. The second-order valence-corrected chi connectivity index (χ2v) is 3.43. The maximum atomic E-state index is 11.5. The predicted octanol–water partition coefficient (Wildman–Crippen LogP) is 4.45. The van der Waals surface area contributed by atoms with Gasteiger partial charge in [-0.2, -0.15) is 0 Å². The van der Waals surface area contributed by atoms with E-state index in [2.05, 4.69) is 9.97 Å². The van der Waals surface area contributed by atoms with Gasteiger partial charge in [0, 0.05) is 10.9 Å². The Morgan fingerprint density at radius 2 is 1.74 bits per heavy atom. The molecule has 0 amide bonds. The van der Waals surface area contributed by atoms with Crippen LogP contribution in [0.2, 0.25) is 0 Å². The number of benzene rings is 1. The summed E-state index contributed by atoms with van der Waals surface area (Å²) in [5, 5.41) is 0.898. The van der Waals surface area contributed by atoms with Crippen LogP contribution in [0, 0.1) is 0 Å². The Kier molecular flexibility index (Phi) is 8.34. The Hall–Kier alpha value is -1.77. The molecule has 0 radical (unpaired) electrons. The van der Waals surface area contributed by atoms with Crippen LogP contribution < -0.4 is 0 Å². The van der Waals surface area contributed by atoms with E-state index in [-0.39, 0.29) is 5.78 Å². The maximum absolute atomic E-state index is 11.5. The molecule has 0 N–H and O–H groups in total. The van der Waals surface area contributed by atoms with Gasteiger partial charge in [-0.3, -0.25) is 4.79 Å². The van der Waals surface area contributed by atoms with Gasteiger partial charge in [-0.15, -0.1) is 0 Å². The van der Waals surface area contributed by atoms with Gasteiger partial charge in [-0.05, 0) is 19.4 Å². The largest absolute Gasteiger partial charge is 0.294 e. The van der Waals surface area contributed by atoms with E-state index in [4.69, 9.17) is 0 Å². The number of fused-ring (bicyclic) bond motifs is 1. The first-order chi connectivity index (χ1) is 9.24. The third-order valence-corrected chi connectivity index (χ3v) is 2.46. The summed E-state index contributed by atoms with van der Waals surface area (Å²) in [6.45, 7) is 11.6. The lowest BCUT2D eigenvalue weighted by molar-refractivity contribution is 0.101. The summed E-state index contributed by atoms with van der Waals surface area (Å²) < 4.78 is 0. The molecule has 3 nitrogen and oxygen atoms in total. The van der Waals surface area contributed by atoms with Crippen LogP contribution in [0.15, 0.2) is 24.5 Å². The van der Waals surface area contributed by atoms with Crippen molar-refractivity contribution in [2.45, 2.75) is 48.0 Å². The third-order valence-electron chi connectivity index (χ3n) is 2.46. The summed E-state index contributed by atoms with van der Waals surface area (Å²) in [4.78, 5) is 19.8. The molecule has 0 saturated heterocycles. The molecule has 1 aromatic heterocycles. The lowest BCUT2D eigenvalue weighted by atomic mass is 10.0. The number of carbonyl (C=O) groups is 1. The number of hydrogen-bond donors (Lipinski definition) is 0. The molecule has 0 aliphatic heterocycles. The van der Waals surface area contributed by atoms with E-state index >= 15 is 0 Å². The zero-order valence-corrected chi connectivity index (χ0v) is 12.8. The minimum Gasteiger partial charge on any atom is -0.294 e. The van der Waals surface area contributed by atoms with Crippen LogP contribution in [0.5, 0.6) is 0 Å². The van der Waals surface area contributed by atoms with Crippen LogP contribution in [0.25, 0.3) is 10.9 Å². The van der Waals surface area contributed by atoms with Crippen LogP contribution in [0.1, 0.15) is 57.6 Å². The first-order valence-corrected chi connectivity index (χ1v) is 6.97. The van der Waals surface area contributed by atoms with Gasteiger partial charge in [-0.1, -0.05) is 46.8 Å². The molecule has 0 fully saturated rings. The van der Waals surface area contributed by atoms with E-state index in [1.807, 2.05) is 52.8 Å². The molecule has 104 valence electrons. The van der Waals surface area contributed by atoms with Gasteiger partial charge in [0.2, 0.25) is 0 Å². The van der Waals surface area contributed by atoms with Crippen molar-refractivity contribution in [3.63, 3.8) is 0 Å². The van der Waals surface area contributed by atoms with E-state index < -0.39 is 0 Å². The highest BCUT2D eigenvalue weighted by Gasteiger charge is 2.09. The standard InChI is InChI=1S/C12H12N2O.2C2H6/c1-3-10-12-9(8(2)15)5-4-6-11(12)14-7-13-10;2*1-2/h4-7H,3H2,1-2H3;2*1-2H3. The molecule has 0 spiro atoms. The molecule has 0 saturated carbocycles. The Morgan fingerprint density at radius 1 is 1.11 bits per heavy atom. The average molecular weight is 260 g/mol. The van der Waals surface area contributed by atoms with Gasteiger partial charge in [0.25, 0.3) is 0 Å². The minimum absolute atomic E-state index is 0.0603. The first kappa shape index (κ1) is 17.2. The quantitative estimate of drug-likeness (QED) is 0.749. The lowest BCUT2D eigenvalue weighted by Crippen LogP contribution is -1.99. The number of ketones is 1. The predicted molar refractivity (Wildman–Crippen MR) is 81.6 cm³/mol. The second kappa shape index (κ2) is 9.20. The molecule has 19 heavy (non-hydrogen) atoms. The van der Waals surface area contributed by atoms with Crippen molar-refractivity contribution >= 4 is 16.7 Å². The van der Waals surface area contributed by atoms with Gasteiger partial charge in [0.15, 0.2) is 5.78 Å². The Labute approximate surface area is 116 Å². The Bertz CT molecular complexity index is 516. The van der Waals surface area contributed by atoms with E-state index in [0.29, 0.717) is 5.56 Å². The van der Waals surface area contributed by atoms with E-state index in [1.54, 1.807) is 13.3 Å². The van der Waals surface area contributed by atoms with Crippen molar-refractivity contribution in [1.29, 1.82) is 0 Å². The van der Waals surface area contributed by atoms with Gasteiger partial charge in [0.05, 0.1) is 11.2 Å². The lowest BCUT2D eigenvalue weighted by Gasteiger charge is -2.06.